The van der Waals surface area contributed by atoms with Crippen LogP contribution in [0.5, 0.6) is 0 Å². The zero-order valence-corrected chi connectivity index (χ0v) is 16.5. The second-order valence-corrected chi connectivity index (χ2v) is 6.89. The van der Waals surface area contributed by atoms with Crippen LogP contribution in [0.25, 0.3) is 6.08 Å². The molecule has 0 atom stereocenters. The molecule has 5 N–H and O–H groups in total. The van der Waals surface area contributed by atoms with E-state index in [9.17, 15) is 9.59 Å². The van der Waals surface area contributed by atoms with Gasteiger partial charge in [0, 0.05) is 17.3 Å². The van der Waals surface area contributed by atoms with E-state index in [0.29, 0.717) is 23.4 Å². The highest BCUT2D eigenvalue weighted by Crippen LogP contribution is 2.29. The summed E-state index contributed by atoms with van der Waals surface area (Å²) in [5, 5.41) is 13.5. The molecule has 0 aliphatic carbocycles. The van der Waals surface area contributed by atoms with E-state index in [0.717, 1.165) is 16.9 Å². The number of hydroxylamine groups is 1. The lowest BCUT2D eigenvalue weighted by Crippen LogP contribution is -2.35. The van der Waals surface area contributed by atoms with E-state index in [-0.39, 0.29) is 5.91 Å². The van der Waals surface area contributed by atoms with E-state index < -0.39 is 5.91 Å². The Hall–Kier alpha value is -4.14. The zero-order valence-electron chi connectivity index (χ0n) is 16.5. The maximum Gasteiger partial charge on any atom is 0.267 e. The van der Waals surface area contributed by atoms with Gasteiger partial charge in [-0.05, 0) is 47.5 Å². The van der Waals surface area contributed by atoms with Crippen LogP contribution in [0.4, 0.5) is 17.1 Å². The fourth-order valence-electron chi connectivity index (χ4n) is 3.22. The Morgan fingerprint density at radius 3 is 2.52 bits per heavy atom. The Kier molecular flexibility index (Phi) is 5.93. The monoisotopic (exact) mass is 415 g/mol. The topological polar surface area (TPSA) is 106 Å². The largest absolute Gasteiger partial charge is 0.321 e. The fourth-order valence-corrected chi connectivity index (χ4v) is 3.22. The van der Waals surface area contributed by atoms with Gasteiger partial charge in [0.1, 0.15) is 0 Å². The number of hydrogen-bond acceptors (Lipinski definition) is 6. The molecule has 2 amide bonds. The van der Waals surface area contributed by atoms with Gasteiger partial charge in [-0.25, -0.2) is 5.48 Å². The highest BCUT2D eigenvalue weighted by atomic mass is 16.5. The first-order valence-electron chi connectivity index (χ1n) is 9.64. The van der Waals surface area contributed by atoms with E-state index in [1.807, 2.05) is 41.4 Å². The Labute approximate surface area is 179 Å². The number of benzene rings is 3. The molecule has 0 unspecified atom stereocenters. The van der Waals surface area contributed by atoms with Gasteiger partial charge in [0.2, 0.25) is 0 Å². The standard InChI is InChI=1S/C23H21N5O3/c29-22(26-31)14-13-17-5-1-2-6-19(17)24-23(30)18-11-9-16(10-12-18)15-28-21-8-4-3-7-20(21)25-27-28/h1-14,25,27,31H,15H2,(H,24,30)(H,26,29)/b14-13+. The third-order valence-corrected chi connectivity index (χ3v) is 4.81. The number of para-hydroxylation sites is 3. The van der Waals surface area contributed by atoms with E-state index in [2.05, 4.69) is 16.3 Å². The van der Waals surface area contributed by atoms with Crippen molar-refractivity contribution < 1.29 is 14.8 Å². The zero-order chi connectivity index (χ0) is 21.6. The number of amides is 2. The van der Waals surface area contributed by atoms with Gasteiger partial charge in [0.25, 0.3) is 11.8 Å². The van der Waals surface area contributed by atoms with Crippen LogP contribution in [0.1, 0.15) is 21.5 Å². The summed E-state index contributed by atoms with van der Waals surface area (Å²) in [5.41, 5.74) is 12.6. The third-order valence-electron chi connectivity index (χ3n) is 4.81. The van der Waals surface area contributed by atoms with Crippen LogP contribution in [-0.4, -0.2) is 17.0 Å². The summed E-state index contributed by atoms with van der Waals surface area (Å²) < 4.78 is 0. The average Bonchev–Trinajstić information content (AvgIpc) is 3.21. The Bertz CT molecular complexity index is 1130. The van der Waals surface area contributed by atoms with Gasteiger partial charge in [-0.3, -0.25) is 19.8 Å². The molecule has 0 spiro atoms. The molecule has 31 heavy (non-hydrogen) atoms. The SMILES string of the molecule is O=C(/C=C/c1ccccc1NC(=O)c1ccc(CN2NNc3ccccc32)cc1)NO. The Morgan fingerprint density at radius 2 is 1.71 bits per heavy atom. The summed E-state index contributed by atoms with van der Waals surface area (Å²) in [5.74, 6) is -0.910. The van der Waals surface area contributed by atoms with Crippen LogP contribution in [-0.2, 0) is 11.3 Å². The number of fused-ring (bicyclic) bond motifs is 1. The molecular weight excluding hydrogens is 394 g/mol. The highest BCUT2D eigenvalue weighted by Gasteiger charge is 2.17. The number of hydrazine groups is 2. The molecule has 156 valence electrons. The normalized spacial score (nSPS) is 12.4. The predicted octanol–water partition coefficient (Wildman–Crippen LogP) is 3.31. The van der Waals surface area contributed by atoms with Gasteiger partial charge in [0.15, 0.2) is 0 Å². The number of anilines is 3. The van der Waals surface area contributed by atoms with Crippen molar-refractivity contribution in [3.8, 4) is 0 Å². The summed E-state index contributed by atoms with van der Waals surface area (Å²) in [4.78, 5) is 23.9. The molecular formula is C23H21N5O3. The van der Waals surface area contributed by atoms with Gasteiger partial charge >= 0.3 is 0 Å². The second-order valence-electron chi connectivity index (χ2n) is 6.89. The molecule has 3 aromatic carbocycles. The van der Waals surface area contributed by atoms with E-state index in [1.165, 1.54) is 17.6 Å². The first-order chi connectivity index (χ1) is 15.1. The van der Waals surface area contributed by atoms with Crippen molar-refractivity contribution in [2.45, 2.75) is 6.54 Å². The molecule has 0 bridgehead atoms. The van der Waals surface area contributed by atoms with Crippen molar-refractivity contribution in [1.82, 2.24) is 11.0 Å². The fraction of sp³-hybridized carbons (Fsp3) is 0.0435. The van der Waals surface area contributed by atoms with Crippen molar-refractivity contribution in [3.05, 3.63) is 95.6 Å². The van der Waals surface area contributed by atoms with Crippen LogP contribution >= 0.6 is 0 Å². The number of nitrogens with one attached hydrogen (secondary N) is 4. The lowest BCUT2D eigenvalue weighted by atomic mass is 10.1. The van der Waals surface area contributed by atoms with Crippen molar-refractivity contribution in [2.24, 2.45) is 0 Å². The number of rotatable bonds is 6. The maximum atomic E-state index is 12.7. The summed E-state index contributed by atoms with van der Waals surface area (Å²) in [6.07, 6.45) is 2.69. The third kappa shape index (κ3) is 4.72. The molecule has 3 aromatic rings. The van der Waals surface area contributed by atoms with Gasteiger partial charge in [0.05, 0.1) is 17.9 Å². The minimum Gasteiger partial charge on any atom is -0.321 e. The first kappa shape index (κ1) is 20.1. The summed E-state index contributed by atoms with van der Waals surface area (Å²) in [6, 6.07) is 22.4. The van der Waals surface area contributed by atoms with Crippen molar-refractivity contribution in [2.75, 3.05) is 15.8 Å². The minimum atomic E-state index is -0.651. The summed E-state index contributed by atoms with van der Waals surface area (Å²) >= 11 is 0. The van der Waals surface area contributed by atoms with Crippen molar-refractivity contribution in [1.29, 1.82) is 0 Å². The molecule has 0 saturated heterocycles. The first-order valence-corrected chi connectivity index (χ1v) is 9.64. The number of hydrogen-bond donors (Lipinski definition) is 5. The molecule has 0 aromatic heterocycles. The summed E-state index contributed by atoms with van der Waals surface area (Å²) in [6.45, 7) is 0.631. The van der Waals surface area contributed by atoms with Gasteiger partial charge in [-0.1, -0.05) is 42.5 Å². The molecule has 8 nitrogen and oxygen atoms in total. The van der Waals surface area contributed by atoms with Gasteiger partial charge in [-0.2, -0.15) is 0 Å². The number of carbonyl (C=O) groups is 2. The highest BCUT2D eigenvalue weighted by molar-refractivity contribution is 6.05. The Balaban J connectivity index is 1.43. The minimum absolute atomic E-state index is 0.259. The number of carbonyl (C=O) groups excluding carboxylic acids is 2. The molecule has 4 rings (SSSR count). The molecule has 1 heterocycles. The van der Waals surface area contributed by atoms with Gasteiger partial charge < -0.3 is 10.7 Å². The van der Waals surface area contributed by atoms with Crippen LogP contribution in [0.2, 0.25) is 0 Å². The van der Waals surface area contributed by atoms with Crippen molar-refractivity contribution >= 4 is 35.0 Å². The van der Waals surface area contributed by atoms with E-state index in [1.54, 1.807) is 36.4 Å². The lowest BCUT2D eigenvalue weighted by Gasteiger charge is -2.18. The van der Waals surface area contributed by atoms with Crippen LogP contribution in [0, 0.1) is 0 Å². The maximum absolute atomic E-state index is 12.7. The average molecular weight is 415 g/mol. The van der Waals surface area contributed by atoms with E-state index in [4.69, 9.17) is 5.21 Å². The summed E-state index contributed by atoms with van der Waals surface area (Å²) in [7, 11) is 0. The smallest absolute Gasteiger partial charge is 0.267 e. The quantitative estimate of drug-likeness (QED) is 0.240. The van der Waals surface area contributed by atoms with E-state index >= 15 is 0 Å². The molecule has 1 aliphatic rings. The van der Waals surface area contributed by atoms with Crippen molar-refractivity contribution in [3.63, 3.8) is 0 Å². The molecule has 0 radical (unpaired) electrons. The predicted molar refractivity (Wildman–Crippen MR) is 119 cm³/mol. The molecule has 1 aliphatic heterocycles. The molecule has 0 fully saturated rings. The van der Waals surface area contributed by atoms with Crippen LogP contribution < -0.4 is 26.8 Å². The molecule has 0 saturated carbocycles. The van der Waals surface area contributed by atoms with Crippen LogP contribution in [0.15, 0.2) is 78.9 Å². The second kappa shape index (κ2) is 9.12. The van der Waals surface area contributed by atoms with Gasteiger partial charge in [-0.15, -0.1) is 5.53 Å². The number of nitrogens with zero attached hydrogens (tertiary/aromatic N) is 1. The molecule has 8 heteroatoms. The van der Waals surface area contributed by atoms with Crippen LogP contribution in [0.3, 0.4) is 0 Å². The Morgan fingerprint density at radius 1 is 0.968 bits per heavy atom. The lowest BCUT2D eigenvalue weighted by molar-refractivity contribution is -0.124.